The summed E-state index contributed by atoms with van der Waals surface area (Å²) in [6, 6.07) is 31.3. The molecule has 2 N–H and O–H groups in total. The minimum absolute atomic E-state index is 0.246. The van der Waals surface area contributed by atoms with Gasteiger partial charge in [-0.25, -0.2) is 0 Å². The number of allylic oxidation sites excluding steroid dienone is 1. The summed E-state index contributed by atoms with van der Waals surface area (Å²) in [6.45, 7) is 0. The van der Waals surface area contributed by atoms with Gasteiger partial charge in [0, 0.05) is 17.1 Å². The summed E-state index contributed by atoms with van der Waals surface area (Å²) in [7, 11) is 0. The zero-order valence-corrected chi connectivity index (χ0v) is 14.6. The number of nitrogens with one attached hydrogen (secondary N) is 2. The van der Waals surface area contributed by atoms with E-state index in [1.807, 2.05) is 24.3 Å². The van der Waals surface area contributed by atoms with Crippen molar-refractivity contribution in [1.29, 1.82) is 0 Å². The Hall–Kier alpha value is -3.26. The Morgan fingerprint density at radius 3 is 1.81 bits per heavy atom. The largest absolute Gasteiger partial charge is 0.372 e. The minimum Gasteiger partial charge on any atom is -0.372 e. The first kappa shape index (κ1) is 16.2. The molecule has 0 saturated heterocycles. The summed E-state index contributed by atoms with van der Waals surface area (Å²) in [5.41, 5.74) is 4.36. The van der Waals surface area contributed by atoms with E-state index in [4.69, 9.17) is 0 Å². The number of benzene rings is 3. The first-order chi connectivity index (χ1) is 12.8. The fraction of sp³-hybridized carbons (Fsp3) is 0.0833. The maximum atomic E-state index is 3.74. The summed E-state index contributed by atoms with van der Waals surface area (Å²) < 4.78 is 0. The van der Waals surface area contributed by atoms with Crippen LogP contribution in [0.5, 0.6) is 0 Å². The first-order valence-electron chi connectivity index (χ1n) is 8.94. The summed E-state index contributed by atoms with van der Waals surface area (Å²) in [5.74, 6) is 0. The molecular weight excluding hydrogens is 316 g/mol. The Morgan fingerprint density at radius 1 is 0.654 bits per heavy atom. The van der Waals surface area contributed by atoms with Gasteiger partial charge in [-0.1, -0.05) is 78.9 Å². The van der Waals surface area contributed by atoms with Crippen LogP contribution in [0.1, 0.15) is 12.0 Å². The third-order valence-corrected chi connectivity index (χ3v) is 4.68. The highest BCUT2D eigenvalue weighted by atomic mass is 15.0. The van der Waals surface area contributed by atoms with Crippen molar-refractivity contribution in [2.24, 2.45) is 0 Å². The van der Waals surface area contributed by atoms with Gasteiger partial charge in [-0.2, -0.15) is 0 Å². The van der Waals surface area contributed by atoms with Gasteiger partial charge in [0.1, 0.15) is 0 Å². The van der Waals surface area contributed by atoms with Crippen LogP contribution in [-0.2, 0) is 5.54 Å². The molecule has 0 spiro atoms. The summed E-state index contributed by atoms with van der Waals surface area (Å²) >= 11 is 0. The highest BCUT2D eigenvalue weighted by Crippen LogP contribution is 2.35. The minimum atomic E-state index is -0.246. The molecule has 0 fully saturated rings. The van der Waals surface area contributed by atoms with Crippen molar-refractivity contribution in [3.63, 3.8) is 0 Å². The van der Waals surface area contributed by atoms with Crippen molar-refractivity contribution in [2.75, 3.05) is 10.6 Å². The van der Waals surface area contributed by atoms with Gasteiger partial charge >= 0.3 is 0 Å². The van der Waals surface area contributed by atoms with Crippen LogP contribution in [0, 0.1) is 0 Å². The standard InChI is InChI=1S/C24H22N2/c1-4-10-20(11-5-1)24(26-23-14-8-3-9-15-23)18-16-22(17-19-24)25-21-12-6-2-7-13-21/h1-18,25-26H,19H2. The number of hydrogen-bond acceptors (Lipinski definition) is 2. The second-order valence-electron chi connectivity index (χ2n) is 6.52. The zero-order valence-electron chi connectivity index (χ0n) is 14.6. The third-order valence-electron chi connectivity index (χ3n) is 4.68. The van der Waals surface area contributed by atoms with Crippen LogP contribution in [0.25, 0.3) is 0 Å². The Bertz CT molecular complexity index is 899. The Morgan fingerprint density at radius 2 is 1.23 bits per heavy atom. The van der Waals surface area contributed by atoms with Gasteiger partial charge < -0.3 is 10.6 Å². The topological polar surface area (TPSA) is 24.1 Å². The lowest BCUT2D eigenvalue weighted by molar-refractivity contribution is 0.615. The molecule has 0 heterocycles. The molecule has 3 aromatic carbocycles. The zero-order chi connectivity index (χ0) is 17.7. The fourth-order valence-electron chi connectivity index (χ4n) is 3.31. The lowest BCUT2D eigenvalue weighted by Crippen LogP contribution is -2.34. The monoisotopic (exact) mass is 338 g/mol. The Kier molecular flexibility index (Phi) is 4.57. The Balaban J connectivity index is 1.61. The van der Waals surface area contributed by atoms with Crippen LogP contribution < -0.4 is 10.6 Å². The highest BCUT2D eigenvalue weighted by Gasteiger charge is 2.30. The van der Waals surface area contributed by atoms with Crippen molar-refractivity contribution >= 4 is 11.4 Å². The molecule has 26 heavy (non-hydrogen) atoms. The lowest BCUT2D eigenvalue weighted by atomic mass is 9.83. The van der Waals surface area contributed by atoms with Gasteiger partial charge in [-0.15, -0.1) is 0 Å². The molecule has 2 heteroatoms. The molecule has 0 saturated carbocycles. The first-order valence-corrected chi connectivity index (χ1v) is 8.94. The van der Waals surface area contributed by atoms with E-state index >= 15 is 0 Å². The van der Waals surface area contributed by atoms with Crippen molar-refractivity contribution in [1.82, 2.24) is 0 Å². The second-order valence-corrected chi connectivity index (χ2v) is 6.52. The average Bonchev–Trinajstić information content (AvgIpc) is 2.72. The summed E-state index contributed by atoms with van der Waals surface area (Å²) in [5, 5.41) is 7.22. The van der Waals surface area contributed by atoms with Crippen molar-refractivity contribution in [3.8, 4) is 0 Å². The second kappa shape index (κ2) is 7.32. The average molecular weight is 338 g/mol. The van der Waals surface area contributed by atoms with Crippen LogP contribution in [-0.4, -0.2) is 0 Å². The molecular formula is C24H22N2. The SMILES string of the molecule is C1=CC(Nc2ccccc2)(c2ccccc2)CC=C1Nc1ccccc1. The predicted octanol–water partition coefficient (Wildman–Crippen LogP) is 5.95. The van der Waals surface area contributed by atoms with Crippen LogP contribution in [0.4, 0.5) is 11.4 Å². The predicted molar refractivity (Wildman–Crippen MR) is 110 cm³/mol. The highest BCUT2D eigenvalue weighted by molar-refractivity contribution is 5.56. The van der Waals surface area contributed by atoms with Crippen LogP contribution in [0.15, 0.2) is 115 Å². The molecule has 1 unspecified atom stereocenters. The Labute approximate surface area is 154 Å². The van der Waals surface area contributed by atoms with Gasteiger partial charge in [-0.3, -0.25) is 0 Å². The molecule has 128 valence electrons. The number of hydrogen-bond donors (Lipinski definition) is 2. The number of anilines is 2. The van der Waals surface area contributed by atoms with Crippen molar-refractivity contribution < 1.29 is 0 Å². The molecule has 1 aliphatic carbocycles. The molecule has 4 rings (SSSR count). The molecule has 1 aliphatic rings. The molecule has 0 aromatic heterocycles. The van der Waals surface area contributed by atoms with Gasteiger partial charge in [0.25, 0.3) is 0 Å². The van der Waals surface area contributed by atoms with E-state index in [0.717, 1.165) is 23.5 Å². The van der Waals surface area contributed by atoms with Crippen LogP contribution in [0.3, 0.4) is 0 Å². The molecule has 3 aromatic rings. The van der Waals surface area contributed by atoms with Crippen LogP contribution >= 0.6 is 0 Å². The molecule has 0 aliphatic heterocycles. The van der Waals surface area contributed by atoms with Gasteiger partial charge in [-0.05, 0) is 42.3 Å². The van der Waals surface area contributed by atoms with Crippen LogP contribution in [0.2, 0.25) is 0 Å². The van der Waals surface area contributed by atoms with Gasteiger partial charge in [0.05, 0.1) is 5.54 Å². The maximum absolute atomic E-state index is 3.74. The number of rotatable bonds is 5. The van der Waals surface area contributed by atoms with E-state index in [2.05, 4.69) is 95.6 Å². The number of para-hydroxylation sites is 2. The van der Waals surface area contributed by atoms with Crippen molar-refractivity contribution in [2.45, 2.75) is 12.0 Å². The van der Waals surface area contributed by atoms with Crippen molar-refractivity contribution in [3.05, 3.63) is 120 Å². The summed E-state index contributed by atoms with van der Waals surface area (Å²) in [6.07, 6.45) is 7.56. The molecule has 0 amide bonds. The quantitative estimate of drug-likeness (QED) is 0.600. The van der Waals surface area contributed by atoms with Gasteiger partial charge in [0.2, 0.25) is 0 Å². The molecule has 1 atom stereocenters. The third kappa shape index (κ3) is 3.55. The van der Waals surface area contributed by atoms with E-state index in [-0.39, 0.29) is 5.54 Å². The maximum Gasteiger partial charge on any atom is 0.0848 e. The fourth-order valence-corrected chi connectivity index (χ4v) is 3.31. The van der Waals surface area contributed by atoms with Gasteiger partial charge in [0.15, 0.2) is 0 Å². The van der Waals surface area contributed by atoms with E-state index in [1.54, 1.807) is 0 Å². The molecule has 0 bridgehead atoms. The smallest absolute Gasteiger partial charge is 0.0848 e. The normalized spacial score (nSPS) is 18.8. The van der Waals surface area contributed by atoms with E-state index in [0.29, 0.717) is 0 Å². The van der Waals surface area contributed by atoms with E-state index in [9.17, 15) is 0 Å². The lowest BCUT2D eigenvalue weighted by Gasteiger charge is -2.35. The summed E-state index contributed by atoms with van der Waals surface area (Å²) in [4.78, 5) is 0. The molecule has 2 nitrogen and oxygen atoms in total. The van der Waals surface area contributed by atoms with E-state index < -0.39 is 0 Å². The molecule has 0 radical (unpaired) electrons. The van der Waals surface area contributed by atoms with E-state index in [1.165, 1.54) is 5.56 Å².